The quantitative estimate of drug-likeness (QED) is 0.0657. The molecule has 0 aromatic rings. The molecule has 2 atom stereocenters. The van der Waals surface area contributed by atoms with E-state index in [0.717, 1.165) is 38.5 Å². The van der Waals surface area contributed by atoms with Gasteiger partial charge in [0.05, 0.1) is 13.0 Å². The Bertz CT molecular complexity index is 943. The maximum absolute atomic E-state index is 12.7. The maximum Gasteiger partial charge on any atom is 0.309 e. The van der Waals surface area contributed by atoms with Crippen molar-refractivity contribution < 1.29 is 22.2 Å². The van der Waals surface area contributed by atoms with Gasteiger partial charge in [-0.2, -0.15) is 0 Å². The normalized spacial score (nSPS) is 14.4. The molecule has 42 heavy (non-hydrogen) atoms. The van der Waals surface area contributed by atoms with E-state index in [2.05, 4.69) is 73.0 Å². The summed E-state index contributed by atoms with van der Waals surface area (Å²) in [4.78, 5) is 37.1. The number of allylic oxidation sites excluding steroid dienone is 11. The van der Waals surface area contributed by atoms with E-state index in [1.165, 1.54) is 0 Å². The first-order valence-electron chi connectivity index (χ1n) is 15.2. The summed E-state index contributed by atoms with van der Waals surface area (Å²) in [6.45, 7) is 12.0. The van der Waals surface area contributed by atoms with E-state index in [4.69, 9.17) is 7.80 Å². The highest BCUT2D eigenvalue weighted by Gasteiger charge is 2.37. The molecule has 0 saturated heterocycles. The number of carbonyl (C=O) groups excluding carboxylic acids is 3. The summed E-state index contributed by atoms with van der Waals surface area (Å²) in [5.41, 5.74) is -0.741. The van der Waals surface area contributed by atoms with Crippen molar-refractivity contribution in [3.05, 3.63) is 72.9 Å². The van der Waals surface area contributed by atoms with Gasteiger partial charge in [-0.1, -0.05) is 114 Å². The van der Waals surface area contributed by atoms with Crippen molar-refractivity contribution in [3.63, 3.8) is 0 Å². The van der Waals surface area contributed by atoms with Gasteiger partial charge in [0.1, 0.15) is 28.8 Å². The molecule has 0 rings (SSSR count). The van der Waals surface area contributed by atoms with Crippen molar-refractivity contribution in [2.24, 2.45) is 17.3 Å². The average Bonchev–Trinajstić information content (AvgIpc) is 2.95. The van der Waals surface area contributed by atoms with Crippen LogP contribution >= 0.6 is 23.0 Å². The van der Waals surface area contributed by atoms with E-state index in [-0.39, 0.29) is 55.5 Å². The molecule has 0 radical (unpaired) electrons. The van der Waals surface area contributed by atoms with Crippen LogP contribution < -0.4 is 5.32 Å². The number of ketones is 1. The zero-order valence-electron chi connectivity index (χ0n) is 26.7. The Kier molecular flexibility index (Phi) is 23.9. The second-order valence-electron chi connectivity index (χ2n) is 11.3. The molecule has 0 aromatic carbocycles. The Balaban J connectivity index is 4.21. The van der Waals surface area contributed by atoms with Gasteiger partial charge >= 0.3 is 5.97 Å². The molecule has 0 heterocycles. The van der Waals surface area contributed by atoms with Gasteiger partial charge in [0.15, 0.2) is 6.10 Å². The topological polar surface area (TPSA) is 81.7 Å². The number of amides is 1. The molecule has 7 heteroatoms. The summed E-state index contributed by atoms with van der Waals surface area (Å²) in [5, 5.41) is 2.78. The van der Waals surface area contributed by atoms with Gasteiger partial charge in [-0.3, -0.25) is 14.4 Å². The minimum Gasteiger partial charge on any atom is -0.465 e. The summed E-state index contributed by atoms with van der Waals surface area (Å²) < 4.78 is 10.8. The standard InChI is InChI=1S/C35H54INO5/c1-7-8-9-10-11-12-13-14-15-16-17-18-19-20-21-22-23-24-25-32(39)41-28-35(5,6)33(42-36)34(40)37-27-26-31(38)30(4)29(2)3/h8-9,11-12,14-15,17-18,20-21,23-24,29-30,33H,7,10,13,16,19,22,25-28H2,1-6H3,(H,37,40)/b9-8-,12-11-,15-14-,18-17-,21-20-,24-23-/t30?,33-/m0/s1. The third-order valence-electron chi connectivity index (χ3n) is 6.70. The lowest BCUT2D eigenvalue weighted by Gasteiger charge is -2.30. The highest BCUT2D eigenvalue weighted by molar-refractivity contribution is 14.1. The van der Waals surface area contributed by atoms with Crippen LogP contribution in [0.1, 0.15) is 92.9 Å². The Labute approximate surface area is 269 Å². The zero-order valence-corrected chi connectivity index (χ0v) is 28.8. The fraction of sp³-hybridized carbons (Fsp3) is 0.571. The number of esters is 1. The van der Waals surface area contributed by atoms with Gasteiger partial charge in [-0.05, 0) is 44.4 Å². The number of hydrogen-bond donors (Lipinski definition) is 1. The molecule has 0 aliphatic heterocycles. The van der Waals surface area contributed by atoms with Crippen LogP contribution in [0, 0.1) is 17.3 Å². The minimum atomic E-state index is -0.825. The third-order valence-corrected chi connectivity index (χ3v) is 7.21. The van der Waals surface area contributed by atoms with E-state index in [9.17, 15) is 14.4 Å². The summed E-state index contributed by atoms with van der Waals surface area (Å²) in [7, 11) is 0. The molecule has 1 unspecified atom stereocenters. The molecule has 0 spiro atoms. The average molecular weight is 696 g/mol. The molecule has 1 amide bonds. The van der Waals surface area contributed by atoms with Crippen LogP contribution in [0.3, 0.4) is 0 Å². The number of rotatable bonds is 23. The fourth-order valence-corrected chi connectivity index (χ4v) is 4.54. The molecule has 0 aliphatic rings. The maximum atomic E-state index is 12.7. The van der Waals surface area contributed by atoms with Crippen LogP contribution in [-0.4, -0.2) is 36.9 Å². The Morgan fingerprint density at radius 1 is 0.762 bits per heavy atom. The van der Waals surface area contributed by atoms with Crippen LogP contribution in [0.5, 0.6) is 0 Å². The molecular formula is C35H54INO5. The first kappa shape index (κ1) is 39.7. The van der Waals surface area contributed by atoms with Crippen molar-refractivity contribution in [2.45, 2.75) is 99.0 Å². The van der Waals surface area contributed by atoms with Crippen molar-refractivity contribution in [1.29, 1.82) is 0 Å². The van der Waals surface area contributed by atoms with Crippen LogP contribution in [-0.2, 0) is 22.2 Å². The van der Waals surface area contributed by atoms with Crippen molar-refractivity contribution in [1.82, 2.24) is 5.32 Å². The van der Waals surface area contributed by atoms with Gasteiger partial charge < -0.3 is 13.1 Å². The molecule has 0 bridgehead atoms. The first-order valence-corrected chi connectivity index (χ1v) is 16.1. The molecule has 0 fully saturated rings. The van der Waals surface area contributed by atoms with E-state index in [1.54, 1.807) is 29.1 Å². The largest absolute Gasteiger partial charge is 0.465 e. The number of Topliss-reactive ketones (excluding diaryl/α,β-unsaturated/α-hetero) is 1. The summed E-state index contributed by atoms with van der Waals surface area (Å²) in [6.07, 6.45) is 30.6. The zero-order chi connectivity index (χ0) is 31.6. The summed E-state index contributed by atoms with van der Waals surface area (Å²) >= 11 is 1.69. The molecule has 0 aromatic heterocycles. The van der Waals surface area contributed by atoms with Crippen LogP contribution in [0.15, 0.2) is 72.9 Å². The Hall–Kier alpha value is -2.26. The van der Waals surface area contributed by atoms with Gasteiger partial charge in [0.2, 0.25) is 0 Å². The lowest BCUT2D eigenvalue weighted by molar-refractivity contribution is -0.150. The van der Waals surface area contributed by atoms with Crippen molar-refractivity contribution >= 4 is 40.7 Å². The Morgan fingerprint density at radius 2 is 1.21 bits per heavy atom. The molecule has 0 saturated carbocycles. The molecule has 1 N–H and O–H groups in total. The van der Waals surface area contributed by atoms with Crippen LogP contribution in [0.2, 0.25) is 0 Å². The predicted molar refractivity (Wildman–Crippen MR) is 183 cm³/mol. The highest BCUT2D eigenvalue weighted by atomic mass is 127. The van der Waals surface area contributed by atoms with E-state index in [1.807, 2.05) is 40.7 Å². The predicted octanol–water partition coefficient (Wildman–Crippen LogP) is 8.75. The van der Waals surface area contributed by atoms with E-state index in [0.29, 0.717) is 0 Å². The number of halogens is 1. The molecule has 0 aliphatic carbocycles. The molecule has 6 nitrogen and oxygen atoms in total. The fourth-order valence-electron chi connectivity index (χ4n) is 3.62. The summed E-state index contributed by atoms with van der Waals surface area (Å²) in [6, 6.07) is 0. The summed E-state index contributed by atoms with van der Waals surface area (Å²) in [5.74, 6) is -0.341. The molecule has 236 valence electrons. The van der Waals surface area contributed by atoms with Gasteiger partial charge in [-0.25, -0.2) is 0 Å². The van der Waals surface area contributed by atoms with Crippen LogP contribution in [0.4, 0.5) is 0 Å². The second kappa shape index (κ2) is 25.3. The number of ether oxygens (including phenoxy) is 1. The van der Waals surface area contributed by atoms with Gasteiger partial charge in [-0.15, -0.1) is 0 Å². The SMILES string of the molecule is CC/C=C\C/C=C\C/C=C\C/C=C\C/C=C\C/C=C\CC(=O)OCC(C)(C)[C@@H](OI)C(=O)NCCC(=O)C(C)C(C)C. The van der Waals surface area contributed by atoms with E-state index < -0.39 is 11.5 Å². The van der Waals surface area contributed by atoms with E-state index >= 15 is 0 Å². The van der Waals surface area contributed by atoms with Crippen molar-refractivity contribution in [2.75, 3.05) is 13.2 Å². The first-order chi connectivity index (χ1) is 20.1. The van der Waals surface area contributed by atoms with Crippen molar-refractivity contribution in [3.8, 4) is 0 Å². The number of carbonyl (C=O) groups is 3. The Morgan fingerprint density at radius 3 is 1.64 bits per heavy atom. The third kappa shape index (κ3) is 20.6. The smallest absolute Gasteiger partial charge is 0.309 e. The lowest BCUT2D eigenvalue weighted by Crippen LogP contribution is -2.47. The highest BCUT2D eigenvalue weighted by Crippen LogP contribution is 2.26. The second-order valence-corrected chi connectivity index (χ2v) is 11.8. The number of nitrogens with one attached hydrogen (secondary N) is 1. The lowest BCUT2D eigenvalue weighted by atomic mass is 9.87. The van der Waals surface area contributed by atoms with Gasteiger partial charge in [0, 0.05) is 24.3 Å². The van der Waals surface area contributed by atoms with Gasteiger partial charge in [0.25, 0.3) is 5.91 Å². The van der Waals surface area contributed by atoms with Crippen LogP contribution in [0.25, 0.3) is 0 Å². The molecular weight excluding hydrogens is 641 g/mol. The monoisotopic (exact) mass is 695 g/mol. The number of hydrogen-bond acceptors (Lipinski definition) is 5. The minimum absolute atomic E-state index is 0.0405.